The maximum absolute atomic E-state index is 12.4. The van der Waals surface area contributed by atoms with Gasteiger partial charge >= 0.3 is 6.18 Å². The van der Waals surface area contributed by atoms with Crippen molar-refractivity contribution in [2.45, 2.75) is 19.5 Å². The lowest BCUT2D eigenvalue weighted by atomic mass is 10.3. The Balaban J connectivity index is 3.05. The maximum Gasteiger partial charge on any atom is 0.405 e. The number of H-pyrrole nitrogens is 1. The van der Waals surface area contributed by atoms with Crippen LogP contribution in [0.5, 0.6) is 0 Å². The molecule has 0 aliphatic heterocycles. The van der Waals surface area contributed by atoms with Crippen LogP contribution in [0.15, 0.2) is 11.1 Å². The number of nitrogens with zero attached hydrogens (tertiary/aromatic N) is 2. The van der Waals surface area contributed by atoms with Crippen LogP contribution in [-0.4, -0.2) is 29.2 Å². The third kappa shape index (κ3) is 4.17. The molecular formula is C9H11F3IN3O. The predicted octanol–water partition coefficient (Wildman–Crippen LogP) is 2.15. The van der Waals surface area contributed by atoms with Crippen LogP contribution in [-0.2, 0) is 0 Å². The Labute approximate surface area is 109 Å². The van der Waals surface area contributed by atoms with Gasteiger partial charge in [-0.3, -0.25) is 4.79 Å². The second-order valence-electron chi connectivity index (χ2n) is 3.41. The molecule has 0 fully saturated rings. The average molecular weight is 361 g/mol. The van der Waals surface area contributed by atoms with Crippen molar-refractivity contribution in [2.75, 3.05) is 18.0 Å². The summed E-state index contributed by atoms with van der Waals surface area (Å²) >= 11 is 1.70. The molecule has 96 valence electrons. The van der Waals surface area contributed by atoms with Gasteiger partial charge in [-0.15, -0.1) is 0 Å². The van der Waals surface area contributed by atoms with Crippen LogP contribution in [0.3, 0.4) is 0 Å². The number of aromatic nitrogens is 2. The fourth-order valence-electron chi connectivity index (χ4n) is 1.34. The summed E-state index contributed by atoms with van der Waals surface area (Å²) in [7, 11) is 0. The monoisotopic (exact) mass is 361 g/mol. The Morgan fingerprint density at radius 2 is 2.18 bits per heavy atom. The van der Waals surface area contributed by atoms with Gasteiger partial charge in [0.25, 0.3) is 5.56 Å². The summed E-state index contributed by atoms with van der Waals surface area (Å²) in [5.74, 6) is 0.0773. The third-order valence-corrected chi connectivity index (χ3v) is 2.91. The molecule has 0 aromatic carbocycles. The fourth-order valence-corrected chi connectivity index (χ4v) is 1.98. The molecule has 0 atom stereocenters. The quantitative estimate of drug-likeness (QED) is 0.837. The number of alkyl halides is 3. The molecule has 1 heterocycles. The van der Waals surface area contributed by atoms with E-state index in [-0.39, 0.29) is 15.9 Å². The molecule has 1 rings (SSSR count). The van der Waals surface area contributed by atoms with Crippen molar-refractivity contribution in [3.63, 3.8) is 0 Å². The predicted molar refractivity (Wildman–Crippen MR) is 66.1 cm³/mol. The first-order chi connectivity index (χ1) is 7.85. The van der Waals surface area contributed by atoms with Gasteiger partial charge in [-0.1, -0.05) is 6.92 Å². The molecule has 0 unspecified atom stereocenters. The van der Waals surface area contributed by atoms with Crippen LogP contribution in [0.4, 0.5) is 19.0 Å². The number of halogens is 4. The highest BCUT2D eigenvalue weighted by Crippen LogP contribution is 2.22. The van der Waals surface area contributed by atoms with Crippen molar-refractivity contribution in [1.29, 1.82) is 0 Å². The minimum absolute atomic E-state index is 0.0773. The van der Waals surface area contributed by atoms with Gasteiger partial charge in [-0.05, 0) is 29.0 Å². The smallest absolute Gasteiger partial charge is 0.346 e. The van der Waals surface area contributed by atoms with Gasteiger partial charge in [-0.2, -0.15) is 13.2 Å². The minimum Gasteiger partial charge on any atom is -0.346 e. The summed E-state index contributed by atoms with van der Waals surface area (Å²) in [4.78, 5) is 18.5. The molecule has 0 spiro atoms. The van der Waals surface area contributed by atoms with Gasteiger partial charge < -0.3 is 9.88 Å². The molecule has 8 heteroatoms. The first kappa shape index (κ1) is 14.3. The standard InChI is InChI=1S/C9H11F3IN3O/c1-2-3-16(4-9(10,11)12)7-6(13)8(17)15-5-14-7/h5H,2-4H2,1H3,(H,14,15,17). The van der Waals surface area contributed by atoms with Crippen LogP contribution in [0.25, 0.3) is 0 Å². The lowest BCUT2D eigenvalue weighted by molar-refractivity contribution is -0.119. The number of aromatic amines is 1. The van der Waals surface area contributed by atoms with Crippen LogP contribution >= 0.6 is 22.6 Å². The second kappa shape index (κ2) is 5.69. The van der Waals surface area contributed by atoms with E-state index in [4.69, 9.17) is 0 Å². The number of hydrogen-bond acceptors (Lipinski definition) is 3. The molecule has 1 aromatic heterocycles. The molecule has 0 aliphatic rings. The topological polar surface area (TPSA) is 49.0 Å². The lowest BCUT2D eigenvalue weighted by Crippen LogP contribution is -2.37. The van der Waals surface area contributed by atoms with Crippen molar-refractivity contribution in [2.24, 2.45) is 0 Å². The van der Waals surface area contributed by atoms with Crippen LogP contribution in [0, 0.1) is 3.57 Å². The van der Waals surface area contributed by atoms with E-state index in [0.29, 0.717) is 6.42 Å². The van der Waals surface area contributed by atoms with E-state index in [1.165, 1.54) is 0 Å². The summed E-state index contributed by atoms with van der Waals surface area (Å²) < 4.78 is 37.3. The zero-order valence-corrected chi connectivity index (χ0v) is 11.2. The zero-order valence-electron chi connectivity index (χ0n) is 9.01. The van der Waals surface area contributed by atoms with Crippen molar-refractivity contribution in [1.82, 2.24) is 9.97 Å². The molecule has 0 saturated carbocycles. The van der Waals surface area contributed by atoms with E-state index in [9.17, 15) is 18.0 Å². The van der Waals surface area contributed by atoms with Crippen LogP contribution in [0.2, 0.25) is 0 Å². The van der Waals surface area contributed by atoms with Crippen molar-refractivity contribution in [3.8, 4) is 0 Å². The fraction of sp³-hybridized carbons (Fsp3) is 0.556. The van der Waals surface area contributed by atoms with Gasteiger partial charge in [0.05, 0.1) is 6.33 Å². The maximum atomic E-state index is 12.4. The van der Waals surface area contributed by atoms with E-state index in [2.05, 4.69) is 9.97 Å². The largest absolute Gasteiger partial charge is 0.405 e. The molecule has 0 radical (unpaired) electrons. The molecule has 0 amide bonds. The SMILES string of the molecule is CCCN(CC(F)(F)F)c1nc[nH]c(=O)c1I. The van der Waals surface area contributed by atoms with Gasteiger partial charge in [0.2, 0.25) is 0 Å². The Morgan fingerprint density at radius 3 is 2.71 bits per heavy atom. The molecule has 0 saturated heterocycles. The summed E-state index contributed by atoms with van der Waals surface area (Å²) in [6, 6.07) is 0. The minimum atomic E-state index is -4.32. The Bertz CT molecular complexity index is 432. The highest BCUT2D eigenvalue weighted by Gasteiger charge is 2.32. The number of nitrogens with one attached hydrogen (secondary N) is 1. The summed E-state index contributed by atoms with van der Waals surface area (Å²) in [5, 5.41) is 0. The molecule has 0 aliphatic carbocycles. The first-order valence-electron chi connectivity index (χ1n) is 4.90. The van der Waals surface area contributed by atoms with Gasteiger partial charge in [0, 0.05) is 6.54 Å². The number of hydrogen-bond donors (Lipinski definition) is 1. The van der Waals surface area contributed by atoms with Crippen molar-refractivity contribution in [3.05, 3.63) is 20.3 Å². The highest BCUT2D eigenvalue weighted by molar-refractivity contribution is 14.1. The third-order valence-electron chi connectivity index (χ3n) is 1.94. The van der Waals surface area contributed by atoms with E-state index in [1.54, 1.807) is 29.5 Å². The molecule has 1 aromatic rings. The second-order valence-corrected chi connectivity index (χ2v) is 4.48. The molecule has 17 heavy (non-hydrogen) atoms. The number of anilines is 1. The molecule has 0 bridgehead atoms. The average Bonchev–Trinajstić information content (AvgIpc) is 2.19. The summed E-state index contributed by atoms with van der Waals surface area (Å²) in [6.45, 7) is 0.864. The van der Waals surface area contributed by atoms with Crippen LogP contribution < -0.4 is 10.5 Å². The zero-order chi connectivity index (χ0) is 13.1. The Kier molecular flexibility index (Phi) is 4.78. The van der Waals surface area contributed by atoms with E-state index in [1.807, 2.05) is 0 Å². The summed E-state index contributed by atoms with van der Waals surface area (Å²) in [6.07, 6.45) is -2.66. The highest BCUT2D eigenvalue weighted by atomic mass is 127. The van der Waals surface area contributed by atoms with E-state index < -0.39 is 18.3 Å². The van der Waals surface area contributed by atoms with Gasteiger partial charge in [0.1, 0.15) is 15.9 Å². The molecule has 4 nitrogen and oxygen atoms in total. The molecule has 1 N–H and O–H groups in total. The van der Waals surface area contributed by atoms with Crippen LogP contribution in [0.1, 0.15) is 13.3 Å². The van der Waals surface area contributed by atoms with E-state index >= 15 is 0 Å². The lowest BCUT2D eigenvalue weighted by Gasteiger charge is -2.24. The van der Waals surface area contributed by atoms with Crippen molar-refractivity contribution >= 4 is 28.4 Å². The van der Waals surface area contributed by atoms with Gasteiger partial charge in [-0.25, -0.2) is 4.98 Å². The Hall–Kier alpha value is -0.800. The Morgan fingerprint density at radius 1 is 1.53 bits per heavy atom. The summed E-state index contributed by atoms with van der Waals surface area (Å²) in [5.41, 5.74) is -0.432. The normalized spacial score (nSPS) is 11.6. The van der Waals surface area contributed by atoms with Crippen molar-refractivity contribution < 1.29 is 13.2 Å². The molecular weight excluding hydrogens is 350 g/mol. The van der Waals surface area contributed by atoms with Gasteiger partial charge in [0.15, 0.2) is 0 Å². The number of rotatable bonds is 4. The first-order valence-corrected chi connectivity index (χ1v) is 5.98. The van der Waals surface area contributed by atoms with E-state index in [0.717, 1.165) is 11.2 Å².